The number of rotatable bonds is 5. The fourth-order valence-electron chi connectivity index (χ4n) is 3.57. The second-order valence-electron chi connectivity index (χ2n) is 6.80. The summed E-state index contributed by atoms with van der Waals surface area (Å²) in [6.07, 6.45) is 10.5. The number of fused-ring (bicyclic) bond motifs is 1. The normalized spacial score (nSPS) is 15.8. The van der Waals surface area contributed by atoms with Gasteiger partial charge in [-0.15, -0.1) is 11.3 Å². The second kappa shape index (κ2) is 7.47. The molecular formula is C18H25N3O2S. The molecule has 6 heteroatoms. The van der Waals surface area contributed by atoms with Gasteiger partial charge in [-0.1, -0.05) is 32.1 Å². The van der Waals surface area contributed by atoms with Crippen LogP contribution in [-0.4, -0.2) is 22.0 Å². The molecule has 0 aromatic carbocycles. The number of aromatic nitrogens is 2. The number of thiophene rings is 1. The molecule has 0 atom stereocenters. The van der Waals surface area contributed by atoms with Crippen LogP contribution >= 0.6 is 11.3 Å². The van der Waals surface area contributed by atoms with Gasteiger partial charge in [-0.25, -0.2) is 4.98 Å². The number of nitrogens with one attached hydrogen (secondary N) is 1. The monoisotopic (exact) mass is 347 g/mol. The number of hydrogen-bond donors (Lipinski definition) is 1. The maximum absolute atomic E-state index is 12.4. The molecule has 1 N–H and O–H groups in total. The summed E-state index contributed by atoms with van der Waals surface area (Å²) in [5, 5.41) is 3.58. The highest BCUT2D eigenvalue weighted by Gasteiger charge is 2.19. The second-order valence-corrected chi connectivity index (χ2v) is 7.80. The first-order valence-electron chi connectivity index (χ1n) is 8.81. The Hall–Kier alpha value is -1.69. The predicted octanol–water partition coefficient (Wildman–Crippen LogP) is 3.39. The number of carbonyl (C=O) groups excluding carboxylic acids is 1. The lowest BCUT2D eigenvalue weighted by atomic mass is 9.86. The van der Waals surface area contributed by atoms with Crippen molar-refractivity contribution in [1.29, 1.82) is 0 Å². The maximum atomic E-state index is 12.4. The van der Waals surface area contributed by atoms with Crippen molar-refractivity contribution in [2.24, 2.45) is 13.0 Å². The molecule has 0 spiro atoms. The van der Waals surface area contributed by atoms with Crippen molar-refractivity contribution in [3.8, 4) is 0 Å². The highest BCUT2D eigenvalue weighted by molar-refractivity contribution is 7.20. The molecule has 5 nitrogen and oxygen atoms in total. The van der Waals surface area contributed by atoms with E-state index in [1.165, 1.54) is 60.8 Å². The van der Waals surface area contributed by atoms with Crippen LogP contribution in [0.15, 0.2) is 11.1 Å². The third-order valence-electron chi connectivity index (χ3n) is 5.02. The van der Waals surface area contributed by atoms with E-state index >= 15 is 0 Å². The Labute approximate surface area is 146 Å². The van der Waals surface area contributed by atoms with Gasteiger partial charge in [0.1, 0.15) is 4.83 Å². The molecule has 0 bridgehead atoms. The zero-order valence-electron chi connectivity index (χ0n) is 14.4. The van der Waals surface area contributed by atoms with Crippen molar-refractivity contribution in [3.05, 3.63) is 27.1 Å². The molecule has 2 aromatic rings. The fourth-order valence-corrected chi connectivity index (χ4v) is 4.63. The van der Waals surface area contributed by atoms with E-state index < -0.39 is 0 Å². The molecule has 2 aromatic heterocycles. The Morgan fingerprint density at radius 2 is 2.12 bits per heavy atom. The summed E-state index contributed by atoms with van der Waals surface area (Å²) in [7, 11) is 1.68. The minimum Gasteiger partial charge on any atom is -0.351 e. The van der Waals surface area contributed by atoms with Crippen LogP contribution in [0.1, 0.15) is 60.2 Å². The summed E-state index contributed by atoms with van der Waals surface area (Å²) in [5.41, 5.74) is 0.651. The summed E-state index contributed by atoms with van der Waals surface area (Å²) in [5.74, 6) is 0.759. The minimum absolute atomic E-state index is 0.0822. The molecule has 0 saturated heterocycles. The Bertz CT molecular complexity index is 787. The van der Waals surface area contributed by atoms with E-state index in [0.717, 1.165) is 17.9 Å². The summed E-state index contributed by atoms with van der Waals surface area (Å²) in [6.45, 7) is 2.54. The Balaban J connectivity index is 1.61. The smallest absolute Gasteiger partial charge is 0.262 e. The molecule has 1 amide bonds. The molecule has 0 radical (unpaired) electrons. The topological polar surface area (TPSA) is 64.0 Å². The van der Waals surface area contributed by atoms with Crippen LogP contribution in [0.4, 0.5) is 0 Å². The van der Waals surface area contributed by atoms with Gasteiger partial charge in [0.05, 0.1) is 16.6 Å². The summed E-state index contributed by atoms with van der Waals surface area (Å²) >= 11 is 1.30. The first kappa shape index (κ1) is 17.1. The van der Waals surface area contributed by atoms with Crippen LogP contribution in [0.3, 0.4) is 0 Å². The lowest BCUT2D eigenvalue weighted by Crippen LogP contribution is -2.25. The largest absolute Gasteiger partial charge is 0.351 e. The Kier molecular flexibility index (Phi) is 5.33. The van der Waals surface area contributed by atoms with E-state index in [0.29, 0.717) is 21.6 Å². The lowest BCUT2D eigenvalue weighted by Gasteiger charge is -2.21. The van der Waals surface area contributed by atoms with Gasteiger partial charge in [-0.05, 0) is 31.2 Å². The standard InChI is InChI=1S/C18H25N3O2S/c1-12-14-17(20-11-21(2)18(14)23)24-15(12)16(22)19-10-6-9-13-7-4-3-5-8-13/h11,13H,3-10H2,1-2H3,(H,19,22). The number of amides is 1. The number of carbonyl (C=O) groups is 1. The van der Waals surface area contributed by atoms with Crippen molar-refractivity contribution in [2.45, 2.75) is 51.9 Å². The van der Waals surface area contributed by atoms with Crippen LogP contribution in [0.5, 0.6) is 0 Å². The summed E-state index contributed by atoms with van der Waals surface area (Å²) in [6, 6.07) is 0. The van der Waals surface area contributed by atoms with Gasteiger partial charge in [-0.2, -0.15) is 0 Å². The molecule has 1 aliphatic carbocycles. The van der Waals surface area contributed by atoms with Crippen molar-refractivity contribution in [2.75, 3.05) is 6.54 Å². The summed E-state index contributed by atoms with van der Waals surface area (Å²) in [4.78, 5) is 30.2. The minimum atomic E-state index is -0.0925. The van der Waals surface area contributed by atoms with Gasteiger partial charge in [0.2, 0.25) is 0 Å². The number of hydrogen-bond acceptors (Lipinski definition) is 4. The molecule has 130 valence electrons. The van der Waals surface area contributed by atoms with Crippen molar-refractivity contribution in [3.63, 3.8) is 0 Å². The van der Waals surface area contributed by atoms with Gasteiger partial charge in [0, 0.05) is 13.6 Å². The van der Waals surface area contributed by atoms with Crippen molar-refractivity contribution >= 4 is 27.5 Å². The molecule has 0 unspecified atom stereocenters. The van der Waals surface area contributed by atoms with E-state index in [9.17, 15) is 9.59 Å². The van der Waals surface area contributed by atoms with Crippen molar-refractivity contribution < 1.29 is 4.79 Å². The molecule has 0 aliphatic heterocycles. The molecule has 24 heavy (non-hydrogen) atoms. The molecule has 1 fully saturated rings. The van der Waals surface area contributed by atoms with Gasteiger partial charge >= 0.3 is 0 Å². The van der Waals surface area contributed by atoms with Gasteiger partial charge < -0.3 is 9.88 Å². The maximum Gasteiger partial charge on any atom is 0.262 e. The van der Waals surface area contributed by atoms with E-state index in [-0.39, 0.29) is 11.5 Å². The van der Waals surface area contributed by atoms with E-state index in [4.69, 9.17) is 0 Å². The Morgan fingerprint density at radius 3 is 2.88 bits per heavy atom. The number of aryl methyl sites for hydroxylation is 2. The van der Waals surface area contributed by atoms with Crippen LogP contribution in [0, 0.1) is 12.8 Å². The first-order valence-corrected chi connectivity index (χ1v) is 9.62. The zero-order chi connectivity index (χ0) is 17.1. The molecule has 1 aliphatic rings. The first-order chi connectivity index (χ1) is 11.6. The van der Waals surface area contributed by atoms with Gasteiger partial charge in [0.15, 0.2) is 0 Å². The number of nitrogens with zero attached hydrogens (tertiary/aromatic N) is 2. The molecular weight excluding hydrogens is 322 g/mol. The lowest BCUT2D eigenvalue weighted by molar-refractivity contribution is 0.0955. The zero-order valence-corrected chi connectivity index (χ0v) is 15.2. The van der Waals surface area contributed by atoms with E-state index in [1.807, 2.05) is 6.92 Å². The highest BCUT2D eigenvalue weighted by Crippen LogP contribution is 2.28. The van der Waals surface area contributed by atoms with Crippen LogP contribution in [0.25, 0.3) is 10.2 Å². The molecule has 2 heterocycles. The van der Waals surface area contributed by atoms with Gasteiger partial charge in [0.25, 0.3) is 11.5 Å². The average Bonchev–Trinajstić information content (AvgIpc) is 2.93. The quantitative estimate of drug-likeness (QED) is 0.843. The third-order valence-corrected chi connectivity index (χ3v) is 6.21. The van der Waals surface area contributed by atoms with Crippen LogP contribution in [-0.2, 0) is 7.05 Å². The van der Waals surface area contributed by atoms with Crippen LogP contribution < -0.4 is 10.9 Å². The van der Waals surface area contributed by atoms with E-state index in [1.54, 1.807) is 7.05 Å². The highest BCUT2D eigenvalue weighted by atomic mass is 32.1. The SMILES string of the molecule is Cc1c(C(=O)NCCCC2CCCCC2)sc2ncn(C)c(=O)c12. The third kappa shape index (κ3) is 3.53. The summed E-state index contributed by atoms with van der Waals surface area (Å²) < 4.78 is 1.45. The fraction of sp³-hybridized carbons (Fsp3) is 0.611. The van der Waals surface area contributed by atoms with Gasteiger partial charge in [-0.3, -0.25) is 9.59 Å². The van der Waals surface area contributed by atoms with Crippen molar-refractivity contribution in [1.82, 2.24) is 14.9 Å². The molecule has 1 saturated carbocycles. The molecule has 3 rings (SSSR count). The average molecular weight is 347 g/mol. The van der Waals surface area contributed by atoms with E-state index in [2.05, 4.69) is 10.3 Å². The predicted molar refractivity (Wildman–Crippen MR) is 97.7 cm³/mol. The Morgan fingerprint density at radius 1 is 1.38 bits per heavy atom. The van der Waals surface area contributed by atoms with Crippen LogP contribution in [0.2, 0.25) is 0 Å².